The highest BCUT2D eigenvalue weighted by Gasteiger charge is 2.38. The first-order valence-corrected chi connectivity index (χ1v) is 10.5. The summed E-state index contributed by atoms with van der Waals surface area (Å²) in [4.78, 5) is 18.9. The summed E-state index contributed by atoms with van der Waals surface area (Å²) in [7, 11) is 0. The van der Waals surface area contributed by atoms with Crippen LogP contribution in [-0.2, 0) is 4.79 Å². The maximum Gasteiger partial charge on any atom is 0.224 e. The second-order valence-electron chi connectivity index (χ2n) is 8.63. The van der Waals surface area contributed by atoms with Gasteiger partial charge < -0.3 is 16.4 Å². The van der Waals surface area contributed by atoms with Gasteiger partial charge in [0.05, 0.1) is 12.0 Å². The Labute approximate surface area is 159 Å². The molecule has 0 aromatic rings. The van der Waals surface area contributed by atoms with Crippen molar-refractivity contribution in [3.05, 3.63) is 0 Å². The van der Waals surface area contributed by atoms with Crippen LogP contribution in [0.1, 0.15) is 72.1 Å². The normalized spacial score (nSPS) is 22.0. The van der Waals surface area contributed by atoms with Crippen molar-refractivity contribution in [3.8, 4) is 0 Å². The fraction of sp³-hybridized carbons (Fsp3) is 0.900. The number of amides is 1. The Balaban J connectivity index is 2.04. The SMILES string of the molecule is CCNC(=NCC(C)(C)C(N)=O)NCC1(N2CCCCC2)CCCCC1. The largest absolute Gasteiger partial charge is 0.369 e. The maximum absolute atomic E-state index is 11.6. The fourth-order valence-electron chi connectivity index (χ4n) is 4.13. The van der Waals surface area contributed by atoms with E-state index >= 15 is 0 Å². The van der Waals surface area contributed by atoms with Crippen LogP contribution >= 0.6 is 0 Å². The number of aliphatic imine (C=N–C) groups is 1. The van der Waals surface area contributed by atoms with Gasteiger partial charge in [-0.3, -0.25) is 14.7 Å². The monoisotopic (exact) mass is 365 g/mol. The lowest BCUT2D eigenvalue weighted by Crippen LogP contribution is -2.59. The molecule has 4 N–H and O–H groups in total. The molecular weight excluding hydrogens is 326 g/mol. The van der Waals surface area contributed by atoms with Crippen molar-refractivity contribution < 1.29 is 4.79 Å². The number of rotatable bonds is 7. The van der Waals surface area contributed by atoms with E-state index in [1.807, 2.05) is 13.8 Å². The quantitative estimate of drug-likeness (QED) is 0.477. The summed E-state index contributed by atoms with van der Waals surface area (Å²) in [6, 6.07) is 0. The van der Waals surface area contributed by atoms with Crippen LogP contribution in [0, 0.1) is 5.41 Å². The Bertz CT molecular complexity index is 477. The minimum absolute atomic E-state index is 0.258. The zero-order chi connectivity index (χ0) is 19.0. The molecule has 0 unspecified atom stereocenters. The minimum Gasteiger partial charge on any atom is -0.369 e. The number of hydrogen-bond acceptors (Lipinski definition) is 3. The third-order valence-corrected chi connectivity index (χ3v) is 6.04. The van der Waals surface area contributed by atoms with Crippen LogP contribution in [0.25, 0.3) is 0 Å². The molecule has 1 saturated carbocycles. The van der Waals surface area contributed by atoms with E-state index in [9.17, 15) is 4.79 Å². The first kappa shape index (κ1) is 21.0. The molecule has 0 bridgehead atoms. The van der Waals surface area contributed by atoms with Gasteiger partial charge in [0.15, 0.2) is 5.96 Å². The predicted octanol–water partition coefficient (Wildman–Crippen LogP) is 2.24. The summed E-state index contributed by atoms with van der Waals surface area (Å²) in [6.45, 7) is 10.3. The summed E-state index contributed by atoms with van der Waals surface area (Å²) in [5.74, 6) is 0.484. The molecule has 1 heterocycles. The fourth-order valence-corrected chi connectivity index (χ4v) is 4.13. The second kappa shape index (κ2) is 9.58. The van der Waals surface area contributed by atoms with E-state index in [0.717, 1.165) is 19.0 Å². The Morgan fingerprint density at radius 3 is 2.27 bits per heavy atom. The van der Waals surface area contributed by atoms with Gasteiger partial charge in [0.25, 0.3) is 0 Å². The molecule has 1 aliphatic carbocycles. The Morgan fingerprint density at radius 1 is 1.08 bits per heavy atom. The minimum atomic E-state index is -0.627. The van der Waals surface area contributed by atoms with Crippen molar-refractivity contribution in [3.63, 3.8) is 0 Å². The van der Waals surface area contributed by atoms with Crippen LogP contribution in [0.2, 0.25) is 0 Å². The number of carbonyl (C=O) groups excluding carboxylic acids is 1. The van der Waals surface area contributed by atoms with Gasteiger partial charge in [-0.15, -0.1) is 0 Å². The summed E-state index contributed by atoms with van der Waals surface area (Å²) in [5, 5.41) is 6.91. The molecule has 1 amide bonds. The van der Waals surface area contributed by atoms with Crippen molar-refractivity contribution in [2.75, 3.05) is 32.7 Å². The average Bonchev–Trinajstić information content (AvgIpc) is 2.65. The highest BCUT2D eigenvalue weighted by molar-refractivity contribution is 5.82. The van der Waals surface area contributed by atoms with Crippen molar-refractivity contribution in [2.24, 2.45) is 16.1 Å². The number of piperidine rings is 1. The summed E-state index contributed by atoms with van der Waals surface area (Å²) >= 11 is 0. The van der Waals surface area contributed by atoms with Crippen molar-refractivity contribution in [1.29, 1.82) is 0 Å². The molecule has 1 saturated heterocycles. The van der Waals surface area contributed by atoms with Gasteiger partial charge in [0, 0.05) is 18.6 Å². The summed E-state index contributed by atoms with van der Waals surface area (Å²) in [5.41, 5.74) is 5.11. The Morgan fingerprint density at radius 2 is 1.69 bits per heavy atom. The van der Waals surface area contributed by atoms with Gasteiger partial charge in [-0.2, -0.15) is 0 Å². The van der Waals surface area contributed by atoms with Gasteiger partial charge >= 0.3 is 0 Å². The van der Waals surface area contributed by atoms with E-state index in [-0.39, 0.29) is 11.4 Å². The van der Waals surface area contributed by atoms with Crippen LogP contribution in [0.5, 0.6) is 0 Å². The number of nitrogens with zero attached hydrogens (tertiary/aromatic N) is 2. The molecule has 26 heavy (non-hydrogen) atoms. The first-order valence-electron chi connectivity index (χ1n) is 10.5. The number of nitrogens with one attached hydrogen (secondary N) is 2. The van der Waals surface area contributed by atoms with Crippen LogP contribution in [0.3, 0.4) is 0 Å². The molecule has 0 radical (unpaired) electrons. The molecule has 2 fully saturated rings. The number of guanidine groups is 1. The number of likely N-dealkylation sites (tertiary alicyclic amines) is 1. The van der Waals surface area contributed by atoms with Gasteiger partial charge in [-0.25, -0.2) is 0 Å². The number of carbonyl (C=O) groups is 1. The van der Waals surface area contributed by atoms with Crippen molar-refractivity contribution >= 4 is 11.9 Å². The highest BCUT2D eigenvalue weighted by atomic mass is 16.1. The Kier molecular flexibility index (Phi) is 7.74. The zero-order valence-corrected chi connectivity index (χ0v) is 17.1. The van der Waals surface area contributed by atoms with Crippen molar-refractivity contribution in [2.45, 2.75) is 77.7 Å². The maximum atomic E-state index is 11.6. The third-order valence-electron chi connectivity index (χ3n) is 6.04. The van der Waals surface area contributed by atoms with E-state index < -0.39 is 5.41 Å². The van der Waals surface area contributed by atoms with E-state index in [4.69, 9.17) is 5.73 Å². The van der Waals surface area contributed by atoms with Crippen LogP contribution in [0.4, 0.5) is 0 Å². The lowest BCUT2D eigenvalue weighted by atomic mass is 9.79. The molecule has 0 spiro atoms. The molecule has 6 nitrogen and oxygen atoms in total. The highest BCUT2D eigenvalue weighted by Crippen LogP contribution is 2.35. The Hall–Kier alpha value is -1.30. The molecule has 6 heteroatoms. The number of nitrogens with two attached hydrogens (primary N) is 1. The lowest BCUT2D eigenvalue weighted by Gasteiger charge is -2.48. The molecule has 150 valence electrons. The number of hydrogen-bond donors (Lipinski definition) is 3. The molecule has 1 aliphatic heterocycles. The second-order valence-corrected chi connectivity index (χ2v) is 8.63. The van der Waals surface area contributed by atoms with E-state index in [2.05, 4.69) is 27.4 Å². The van der Waals surface area contributed by atoms with E-state index in [1.165, 1.54) is 64.5 Å². The standard InChI is InChI=1S/C20H39N5O/c1-4-22-18(23-15-19(2,3)17(21)26)24-16-20(11-7-5-8-12-20)25-13-9-6-10-14-25/h4-16H2,1-3H3,(H2,21,26)(H2,22,23,24). The predicted molar refractivity (Wildman–Crippen MR) is 108 cm³/mol. The smallest absolute Gasteiger partial charge is 0.224 e. The summed E-state index contributed by atoms with van der Waals surface area (Å²) < 4.78 is 0. The lowest BCUT2D eigenvalue weighted by molar-refractivity contribution is -0.125. The number of primary amides is 1. The molecule has 0 aromatic carbocycles. The van der Waals surface area contributed by atoms with Gasteiger partial charge in [-0.05, 0) is 59.5 Å². The molecular formula is C20H39N5O. The third kappa shape index (κ3) is 5.60. The van der Waals surface area contributed by atoms with Gasteiger partial charge in [0.1, 0.15) is 0 Å². The first-order chi connectivity index (χ1) is 12.4. The zero-order valence-electron chi connectivity index (χ0n) is 17.1. The van der Waals surface area contributed by atoms with E-state index in [0.29, 0.717) is 6.54 Å². The molecule has 0 atom stereocenters. The van der Waals surface area contributed by atoms with Gasteiger partial charge in [0.2, 0.25) is 5.91 Å². The van der Waals surface area contributed by atoms with E-state index in [1.54, 1.807) is 0 Å². The average molecular weight is 366 g/mol. The van der Waals surface area contributed by atoms with Crippen LogP contribution < -0.4 is 16.4 Å². The molecule has 2 aliphatic rings. The molecule has 2 rings (SSSR count). The van der Waals surface area contributed by atoms with Crippen LogP contribution in [-0.4, -0.2) is 55.0 Å². The summed E-state index contributed by atoms with van der Waals surface area (Å²) in [6.07, 6.45) is 10.5. The molecule has 0 aromatic heterocycles. The topological polar surface area (TPSA) is 82.7 Å². The van der Waals surface area contributed by atoms with Gasteiger partial charge in [-0.1, -0.05) is 25.7 Å². The van der Waals surface area contributed by atoms with Crippen LogP contribution in [0.15, 0.2) is 4.99 Å². The van der Waals surface area contributed by atoms with Crippen molar-refractivity contribution in [1.82, 2.24) is 15.5 Å².